The van der Waals surface area contributed by atoms with Gasteiger partial charge in [0.1, 0.15) is 0 Å². The van der Waals surface area contributed by atoms with Gasteiger partial charge in [0.15, 0.2) is 11.5 Å². The Labute approximate surface area is 111 Å². The fourth-order valence-electron chi connectivity index (χ4n) is 1.57. The van der Waals surface area contributed by atoms with E-state index in [0.29, 0.717) is 6.61 Å². The second kappa shape index (κ2) is 6.26. The van der Waals surface area contributed by atoms with Crippen LogP contribution in [0.5, 0.6) is 11.5 Å². The van der Waals surface area contributed by atoms with E-state index in [1.165, 1.54) is 4.88 Å². The van der Waals surface area contributed by atoms with E-state index in [1.54, 1.807) is 18.4 Å². The standard InChI is InChI=1S/C13H16N2O2S/c1-3-17-12-5-4-10(6-13(12)16-2)15-8-11-7-14-9-18-11/h4-7,9,15H,3,8H2,1-2H3. The Kier molecular flexibility index (Phi) is 4.41. The Hall–Kier alpha value is -1.75. The molecule has 0 spiro atoms. The van der Waals surface area contributed by atoms with Gasteiger partial charge in [0.05, 0.1) is 25.8 Å². The van der Waals surface area contributed by atoms with E-state index >= 15 is 0 Å². The lowest BCUT2D eigenvalue weighted by Gasteiger charge is -2.11. The molecular weight excluding hydrogens is 248 g/mol. The van der Waals surface area contributed by atoms with Crippen molar-refractivity contribution in [1.29, 1.82) is 0 Å². The molecule has 18 heavy (non-hydrogen) atoms. The summed E-state index contributed by atoms with van der Waals surface area (Å²) in [6, 6.07) is 5.83. The van der Waals surface area contributed by atoms with Crippen molar-refractivity contribution in [3.63, 3.8) is 0 Å². The molecule has 0 unspecified atom stereocenters. The fraction of sp³-hybridized carbons (Fsp3) is 0.308. The van der Waals surface area contributed by atoms with Gasteiger partial charge in [0, 0.05) is 22.8 Å². The van der Waals surface area contributed by atoms with Gasteiger partial charge in [-0.3, -0.25) is 4.98 Å². The fourth-order valence-corrected chi connectivity index (χ4v) is 2.11. The van der Waals surface area contributed by atoms with Gasteiger partial charge in [-0.05, 0) is 19.1 Å². The lowest BCUT2D eigenvalue weighted by Crippen LogP contribution is -2.00. The van der Waals surface area contributed by atoms with E-state index < -0.39 is 0 Å². The Balaban J connectivity index is 2.05. The zero-order chi connectivity index (χ0) is 12.8. The van der Waals surface area contributed by atoms with Crippen molar-refractivity contribution in [2.24, 2.45) is 0 Å². The number of hydrogen-bond donors (Lipinski definition) is 1. The molecule has 0 aliphatic heterocycles. The predicted molar refractivity (Wildman–Crippen MR) is 73.6 cm³/mol. The van der Waals surface area contributed by atoms with Crippen LogP contribution in [-0.4, -0.2) is 18.7 Å². The van der Waals surface area contributed by atoms with Crippen molar-refractivity contribution in [3.05, 3.63) is 34.8 Å². The average molecular weight is 264 g/mol. The number of methoxy groups -OCH3 is 1. The van der Waals surface area contributed by atoms with E-state index in [0.717, 1.165) is 23.7 Å². The first-order chi connectivity index (χ1) is 8.83. The second-order valence-electron chi connectivity index (χ2n) is 3.62. The molecule has 96 valence electrons. The van der Waals surface area contributed by atoms with Crippen LogP contribution in [0.15, 0.2) is 29.9 Å². The second-order valence-corrected chi connectivity index (χ2v) is 4.59. The van der Waals surface area contributed by atoms with Crippen molar-refractivity contribution in [1.82, 2.24) is 4.98 Å². The molecule has 1 heterocycles. The SMILES string of the molecule is CCOc1ccc(NCc2cncs2)cc1OC. The zero-order valence-corrected chi connectivity index (χ0v) is 11.3. The summed E-state index contributed by atoms with van der Waals surface area (Å²) < 4.78 is 10.8. The topological polar surface area (TPSA) is 43.4 Å². The maximum absolute atomic E-state index is 5.47. The van der Waals surface area contributed by atoms with Crippen LogP contribution >= 0.6 is 11.3 Å². The summed E-state index contributed by atoms with van der Waals surface area (Å²) in [4.78, 5) is 5.24. The third kappa shape index (κ3) is 3.13. The summed E-state index contributed by atoms with van der Waals surface area (Å²) in [5.74, 6) is 1.51. The number of aromatic nitrogens is 1. The number of ether oxygens (including phenoxy) is 2. The molecule has 0 radical (unpaired) electrons. The van der Waals surface area contributed by atoms with Gasteiger partial charge in [0.2, 0.25) is 0 Å². The third-order valence-corrected chi connectivity index (χ3v) is 3.19. The molecule has 0 amide bonds. The Morgan fingerprint density at radius 1 is 1.33 bits per heavy atom. The molecule has 5 heteroatoms. The van der Waals surface area contributed by atoms with Gasteiger partial charge in [-0.15, -0.1) is 11.3 Å². The van der Waals surface area contributed by atoms with Gasteiger partial charge in [-0.2, -0.15) is 0 Å². The molecule has 2 aromatic rings. The molecular formula is C13H16N2O2S. The third-order valence-electron chi connectivity index (χ3n) is 2.41. The van der Waals surface area contributed by atoms with Crippen LogP contribution in [0.3, 0.4) is 0 Å². The lowest BCUT2D eigenvalue weighted by atomic mass is 10.2. The van der Waals surface area contributed by atoms with Crippen molar-refractivity contribution in [2.45, 2.75) is 13.5 Å². The van der Waals surface area contributed by atoms with Crippen LogP contribution < -0.4 is 14.8 Å². The van der Waals surface area contributed by atoms with E-state index in [2.05, 4.69) is 10.3 Å². The summed E-state index contributed by atoms with van der Waals surface area (Å²) in [5, 5.41) is 3.33. The van der Waals surface area contributed by atoms with Crippen molar-refractivity contribution < 1.29 is 9.47 Å². The number of benzene rings is 1. The molecule has 0 saturated heterocycles. The van der Waals surface area contributed by atoms with Crippen LogP contribution in [0.1, 0.15) is 11.8 Å². The Morgan fingerprint density at radius 2 is 2.22 bits per heavy atom. The normalized spacial score (nSPS) is 10.1. The maximum Gasteiger partial charge on any atom is 0.162 e. The average Bonchev–Trinajstić information content (AvgIpc) is 2.91. The molecule has 4 nitrogen and oxygen atoms in total. The largest absolute Gasteiger partial charge is 0.493 e. The summed E-state index contributed by atoms with van der Waals surface area (Å²) in [5.41, 5.74) is 2.83. The van der Waals surface area contributed by atoms with E-state index in [9.17, 15) is 0 Å². The van der Waals surface area contributed by atoms with Crippen molar-refractivity contribution in [2.75, 3.05) is 19.0 Å². The van der Waals surface area contributed by atoms with Gasteiger partial charge in [0.25, 0.3) is 0 Å². The summed E-state index contributed by atoms with van der Waals surface area (Å²) in [7, 11) is 1.64. The number of rotatable bonds is 6. The van der Waals surface area contributed by atoms with Gasteiger partial charge >= 0.3 is 0 Å². The minimum Gasteiger partial charge on any atom is -0.493 e. The molecule has 0 bridgehead atoms. The lowest BCUT2D eigenvalue weighted by molar-refractivity contribution is 0.311. The first-order valence-corrected chi connectivity index (χ1v) is 6.63. The van der Waals surface area contributed by atoms with Gasteiger partial charge in [-0.1, -0.05) is 0 Å². The Morgan fingerprint density at radius 3 is 2.89 bits per heavy atom. The maximum atomic E-state index is 5.47. The highest BCUT2D eigenvalue weighted by Gasteiger charge is 2.05. The van der Waals surface area contributed by atoms with Crippen LogP contribution in [0.2, 0.25) is 0 Å². The number of anilines is 1. The first-order valence-electron chi connectivity index (χ1n) is 5.75. The summed E-state index contributed by atoms with van der Waals surface area (Å²) in [6.07, 6.45) is 1.86. The molecule has 1 aromatic carbocycles. The van der Waals surface area contributed by atoms with Crippen LogP contribution in [0.25, 0.3) is 0 Å². The molecule has 0 saturated carbocycles. The quantitative estimate of drug-likeness (QED) is 0.870. The van der Waals surface area contributed by atoms with Crippen molar-refractivity contribution in [3.8, 4) is 11.5 Å². The molecule has 0 fully saturated rings. The molecule has 1 aromatic heterocycles. The smallest absolute Gasteiger partial charge is 0.162 e. The predicted octanol–water partition coefficient (Wildman–Crippen LogP) is 3.16. The van der Waals surface area contributed by atoms with Crippen LogP contribution in [-0.2, 0) is 6.54 Å². The van der Waals surface area contributed by atoms with Gasteiger partial charge < -0.3 is 14.8 Å². The van der Waals surface area contributed by atoms with E-state index in [1.807, 2.05) is 36.8 Å². The molecule has 1 N–H and O–H groups in total. The van der Waals surface area contributed by atoms with E-state index in [-0.39, 0.29) is 0 Å². The number of thiazole rings is 1. The summed E-state index contributed by atoms with van der Waals surface area (Å²) >= 11 is 1.63. The van der Waals surface area contributed by atoms with Crippen LogP contribution in [0, 0.1) is 0 Å². The zero-order valence-electron chi connectivity index (χ0n) is 10.5. The van der Waals surface area contributed by atoms with Crippen molar-refractivity contribution >= 4 is 17.0 Å². The first kappa shape index (κ1) is 12.7. The molecule has 0 atom stereocenters. The highest BCUT2D eigenvalue weighted by molar-refractivity contribution is 7.09. The molecule has 0 aliphatic rings. The summed E-state index contributed by atoms with van der Waals surface area (Å²) in [6.45, 7) is 3.35. The molecule has 0 aliphatic carbocycles. The van der Waals surface area contributed by atoms with Gasteiger partial charge in [-0.25, -0.2) is 0 Å². The molecule has 2 rings (SSSR count). The van der Waals surface area contributed by atoms with E-state index in [4.69, 9.17) is 9.47 Å². The monoisotopic (exact) mass is 264 g/mol. The number of nitrogens with one attached hydrogen (secondary N) is 1. The highest BCUT2D eigenvalue weighted by atomic mass is 32.1. The minimum atomic E-state index is 0.629. The Bertz CT molecular complexity index is 486. The van der Waals surface area contributed by atoms with Crippen LogP contribution in [0.4, 0.5) is 5.69 Å². The highest BCUT2D eigenvalue weighted by Crippen LogP contribution is 2.30. The minimum absolute atomic E-state index is 0.629. The number of nitrogens with zero attached hydrogens (tertiary/aromatic N) is 1. The number of hydrogen-bond acceptors (Lipinski definition) is 5.